The summed E-state index contributed by atoms with van der Waals surface area (Å²) >= 11 is 0. The summed E-state index contributed by atoms with van der Waals surface area (Å²) in [6, 6.07) is 19.8. The van der Waals surface area contributed by atoms with Crippen molar-refractivity contribution >= 4 is 12.1 Å². The topological polar surface area (TPSA) is 65.1 Å². The van der Waals surface area contributed by atoms with Gasteiger partial charge in [-0.1, -0.05) is 60.7 Å². The number of quaternary nitrogens is 1. The molecule has 2 aromatic carbocycles. The SMILES string of the molecule is O=C(OC(C(=O)OC1CC2CCC(C1)[N+]21CCCC1)(c1ccccc1)c1ccccc1)N1CCOCC1. The predicted octanol–water partition coefficient (Wildman–Crippen LogP) is 4.25. The van der Waals surface area contributed by atoms with Crippen LogP contribution in [0.5, 0.6) is 0 Å². The molecule has 196 valence electrons. The van der Waals surface area contributed by atoms with Crippen LogP contribution in [0, 0.1) is 0 Å². The Morgan fingerprint density at radius 2 is 1.38 bits per heavy atom. The molecule has 1 spiro atoms. The quantitative estimate of drug-likeness (QED) is 0.449. The molecular formula is C30H37N2O5+. The van der Waals surface area contributed by atoms with Gasteiger partial charge in [0.2, 0.25) is 0 Å². The number of piperidine rings is 1. The third kappa shape index (κ3) is 4.32. The summed E-state index contributed by atoms with van der Waals surface area (Å²) in [7, 11) is 0. The maximum atomic E-state index is 14.4. The molecule has 2 bridgehead atoms. The van der Waals surface area contributed by atoms with Crippen molar-refractivity contribution in [2.24, 2.45) is 0 Å². The number of nitrogens with zero attached hydrogens (tertiary/aromatic N) is 2. The van der Waals surface area contributed by atoms with Crippen LogP contribution in [0.2, 0.25) is 0 Å². The number of hydrogen-bond acceptors (Lipinski definition) is 5. The fourth-order valence-electron chi connectivity index (χ4n) is 7.39. The Balaban J connectivity index is 1.33. The molecule has 4 saturated heterocycles. The molecule has 4 aliphatic rings. The third-order valence-electron chi connectivity index (χ3n) is 9.19. The molecule has 0 aliphatic carbocycles. The first-order valence-electron chi connectivity index (χ1n) is 13.9. The average Bonchev–Trinajstić information content (AvgIpc) is 3.49. The van der Waals surface area contributed by atoms with Gasteiger partial charge in [-0.3, -0.25) is 0 Å². The van der Waals surface area contributed by atoms with Gasteiger partial charge in [-0.25, -0.2) is 9.59 Å². The maximum absolute atomic E-state index is 14.4. The van der Waals surface area contributed by atoms with Gasteiger partial charge in [0.1, 0.15) is 6.10 Å². The Hall–Kier alpha value is -2.90. The van der Waals surface area contributed by atoms with Gasteiger partial charge >= 0.3 is 12.1 Å². The molecule has 4 heterocycles. The lowest BCUT2D eigenvalue weighted by Gasteiger charge is -2.47. The molecule has 37 heavy (non-hydrogen) atoms. The van der Waals surface area contributed by atoms with Crippen molar-refractivity contribution in [3.05, 3.63) is 71.8 Å². The van der Waals surface area contributed by atoms with E-state index >= 15 is 0 Å². The van der Waals surface area contributed by atoms with Gasteiger partial charge in [0.25, 0.3) is 5.60 Å². The molecule has 2 unspecified atom stereocenters. The lowest BCUT2D eigenvalue weighted by atomic mass is 9.85. The molecule has 2 aromatic rings. The van der Waals surface area contributed by atoms with Gasteiger partial charge in [0, 0.05) is 62.7 Å². The van der Waals surface area contributed by atoms with Crippen molar-refractivity contribution in [2.45, 2.75) is 62.3 Å². The van der Waals surface area contributed by atoms with Crippen molar-refractivity contribution in [3.63, 3.8) is 0 Å². The molecule has 0 saturated carbocycles. The largest absolute Gasteiger partial charge is 0.458 e. The highest BCUT2D eigenvalue weighted by Crippen LogP contribution is 2.47. The summed E-state index contributed by atoms with van der Waals surface area (Å²) in [4.78, 5) is 29.4. The summed E-state index contributed by atoms with van der Waals surface area (Å²) in [6.07, 6.45) is 6.13. The number of hydrogen-bond donors (Lipinski definition) is 0. The van der Waals surface area contributed by atoms with Gasteiger partial charge < -0.3 is 23.6 Å². The minimum absolute atomic E-state index is 0.164. The summed E-state index contributed by atoms with van der Waals surface area (Å²) in [6.45, 7) is 4.30. The summed E-state index contributed by atoms with van der Waals surface area (Å²) in [5.74, 6) is -0.509. The summed E-state index contributed by atoms with van der Waals surface area (Å²) in [5.41, 5.74) is -0.502. The van der Waals surface area contributed by atoms with E-state index in [-0.39, 0.29) is 6.10 Å². The van der Waals surface area contributed by atoms with Crippen molar-refractivity contribution in [2.75, 3.05) is 39.4 Å². The first kappa shape index (κ1) is 24.4. The zero-order valence-corrected chi connectivity index (χ0v) is 21.4. The zero-order chi connectivity index (χ0) is 25.3. The van der Waals surface area contributed by atoms with Crippen LogP contribution >= 0.6 is 0 Å². The number of morpholine rings is 1. The van der Waals surface area contributed by atoms with Crippen molar-refractivity contribution in [1.29, 1.82) is 0 Å². The highest BCUT2D eigenvalue weighted by atomic mass is 16.6. The van der Waals surface area contributed by atoms with E-state index in [0.717, 1.165) is 12.8 Å². The molecule has 1 amide bonds. The summed E-state index contributed by atoms with van der Waals surface area (Å²) < 4.78 is 19.3. The lowest BCUT2D eigenvalue weighted by Crippen LogP contribution is -2.60. The predicted molar refractivity (Wildman–Crippen MR) is 138 cm³/mol. The second kappa shape index (κ2) is 10.1. The molecule has 0 aromatic heterocycles. The van der Waals surface area contributed by atoms with Crippen LogP contribution in [0.25, 0.3) is 0 Å². The lowest BCUT2D eigenvalue weighted by molar-refractivity contribution is -0.956. The van der Waals surface area contributed by atoms with Crippen LogP contribution in [-0.4, -0.2) is 79.0 Å². The van der Waals surface area contributed by atoms with Crippen LogP contribution in [-0.2, 0) is 24.6 Å². The Bertz CT molecular complexity index is 1040. The number of ether oxygens (including phenoxy) is 3. The average molecular weight is 506 g/mol. The van der Waals surface area contributed by atoms with Gasteiger partial charge in [0.15, 0.2) is 0 Å². The second-order valence-corrected chi connectivity index (χ2v) is 11.0. The highest BCUT2D eigenvalue weighted by Gasteiger charge is 2.57. The Kier molecular flexibility index (Phi) is 6.67. The highest BCUT2D eigenvalue weighted by molar-refractivity contribution is 5.88. The van der Waals surface area contributed by atoms with Crippen molar-refractivity contribution in [1.82, 2.24) is 4.90 Å². The van der Waals surface area contributed by atoms with Crippen molar-refractivity contribution in [3.8, 4) is 0 Å². The van der Waals surface area contributed by atoms with E-state index in [1.165, 1.54) is 43.3 Å². The van der Waals surface area contributed by atoms with Gasteiger partial charge in [-0.05, 0) is 0 Å². The fourth-order valence-corrected chi connectivity index (χ4v) is 7.39. The van der Waals surface area contributed by atoms with Gasteiger partial charge in [-0.15, -0.1) is 0 Å². The van der Waals surface area contributed by atoms with E-state index in [2.05, 4.69) is 0 Å². The number of carbonyl (C=O) groups is 2. The van der Waals surface area contributed by atoms with Crippen LogP contribution in [0.1, 0.15) is 49.7 Å². The number of amides is 1. The molecule has 6 rings (SSSR count). The molecule has 0 N–H and O–H groups in total. The van der Waals surface area contributed by atoms with Crippen molar-refractivity contribution < 1.29 is 28.3 Å². The minimum atomic E-state index is -1.69. The molecular weight excluding hydrogens is 468 g/mol. The fraction of sp³-hybridized carbons (Fsp3) is 0.533. The number of esters is 1. The smallest absolute Gasteiger partial charge is 0.411 e. The van der Waals surface area contributed by atoms with E-state index in [1.807, 2.05) is 60.7 Å². The van der Waals surface area contributed by atoms with E-state index in [9.17, 15) is 9.59 Å². The number of rotatable bonds is 5. The molecule has 7 nitrogen and oxygen atoms in total. The van der Waals surface area contributed by atoms with E-state index < -0.39 is 17.7 Å². The molecule has 4 aliphatic heterocycles. The minimum Gasteiger partial charge on any atom is -0.458 e. The molecule has 0 radical (unpaired) electrons. The Labute approximate surface area is 218 Å². The monoisotopic (exact) mass is 505 g/mol. The molecule has 4 fully saturated rings. The van der Waals surface area contributed by atoms with E-state index in [4.69, 9.17) is 14.2 Å². The van der Waals surface area contributed by atoms with Crippen LogP contribution in [0.3, 0.4) is 0 Å². The maximum Gasteiger partial charge on any atom is 0.411 e. The third-order valence-corrected chi connectivity index (χ3v) is 9.19. The van der Waals surface area contributed by atoms with Gasteiger partial charge in [0.05, 0.1) is 38.4 Å². The van der Waals surface area contributed by atoms with Crippen LogP contribution in [0.4, 0.5) is 4.79 Å². The first-order valence-corrected chi connectivity index (χ1v) is 13.9. The van der Waals surface area contributed by atoms with E-state index in [1.54, 1.807) is 4.90 Å². The Morgan fingerprint density at radius 1 is 0.838 bits per heavy atom. The number of benzene rings is 2. The second-order valence-electron chi connectivity index (χ2n) is 11.0. The van der Waals surface area contributed by atoms with Crippen LogP contribution < -0.4 is 0 Å². The Morgan fingerprint density at radius 3 is 1.92 bits per heavy atom. The van der Waals surface area contributed by atoms with Gasteiger partial charge in [-0.2, -0.15) is 0 Å². The summed E-state index contributed by atoms with van der Waals surface area (Å²) in [5, 5.41) is 0. The van der Waals surface area contributed by atoms with Crippen LogP contribution in [0.15, 0.2) is 60.7 Å². The number of carbonyl (C=O) groups excluding carboxylic acids is 2. The van der Waals surface area contributed by atoms with E-state index in [0.29, 0.717) is 49.5 Å². The standard InChI is InChI=1S/C30H37N2O5/c33-28(36-27-21-25-13-14-26(22-27)32(25)17-7-8-18-32)30(23-9-3-1-4-10-23,24-11-5-2-6-12-24)37-29(34)31-15-19-35-20-16-31/h1-6,9-12,25-27H,7-8,13-22H2/q+1. The zero-order valence-electron chi connectivity index (χ0n) is 21.4. The molecule has 2 atom stereocenters. The first-order chi connectivity index (χ1) is 18.1. The normalized spacial score (nSPS) is 26.7. The molecule has 7 heteroatoms.